The van der Waals surface area contributed by atoms with E-state index in [1.807, 2.05) is 20.8 Å². The molecule has 0 aromatic rings. The van der Waals surface area contributed by atoms with Gasteiger partial charge >= 0.3 is 0 Å². The molecule has 0 bridgehead atoms. The quantitative estimate of drug-likeness (QED) is 0.738. The molecule has 4 aliphatic carbocycles. The Morgan fingerprint density at radius 1 is 1.30 bits per heavy atom. The highest BCUT2D eigenvalue weighted by atomic mass is 19.1. The van der Waals surface area contributed by atoms with Crippen LogP contribution in [0.1, 0.15) is 47.0 Å². The Morgan fingerprint density at radius 2 is 1.96 bits per heavy atom. The first-order valence-electron chi connectivity index (χ1n) is 9.97. The molecular weight excluding hydrogens is 347 g/mol. The van der Waals surface area contributed by atoms with Gasteiger partial charge in [-0.3, -0.25) is 9.59 Å². The minimum atomic E-state index is -1.50. The molecule has 4 rings (SSSR count). The van der Waals surface area contributed by atoms with E-state index < -0.39 is 28.7 Å². The molecule has 9 atom stereocenters. The van der Waals surface area contributed by atoms with Crippen molar-refractivity contribution in [3.05, 3.63) is 23.8 Å². The smallest absolute Gasteiger partial charge is 0.178 e. The van der Waals surface area contributed by atoms with Crippen molar-refractivity contribution in [2.24, 2.45) is 34.5 Å². The van der Waals surface area contributed by atoms with Gasteiger partial charge in [-0.25, -0.2) is 4.39 Å². The maximum absolute atomic E-state index is 15.2. The highest BCUT2D eigenvalue weighted by Gasteiger charge is 2.70. The van der Waals surface area contributed by atoms with Crippen molar-refractivity contribution in [1.29, 1.82) is 0 Å². The normalized spacial score (nSPS) is 54.0. The molecule has 5 heteroatoms. The third-order valence-electron chi connectivity index (χ3n) is 8.59. The average Bonchev–Trinajstić information content (AvgIpc) is 2.78. The molecule has 3 saturated carbocycles. The van der Waals surface area contributed by atoms with E-state index in [4.69, 9.17) is 0 Å². The highest BCUT2D eigenvalue weighted by molar-refractivity contribution is 6.01. The van der Waals surface area contributed by atoms with Gasteiger partial charge in [0.2, 0.25) is 0 Å². The van der Waals surface area contributed by atoms with Crippen LogP contribution in [0.15, 0.2) is 23.8 Å². The van der Waals surface area contributed by atoms with Gasteiger partial charge in [0.1, 0.15) is 11.8 Å². The van der Waals surface area contributed by atoms with Crippen molar-refractivity contribution < 1.29 is 24.2 Å². The van der Waals surface area contributed by atoms with Crippen LogP contribution < -0.4 is 0 Å². The summed E-state index contributed by atoms with van der Waals surface area (Å²) in [5.74, 6) is -1.13. The number of carbonyl (C=O) groups excluding carboxylic acids is 2. The van der Waals surface area contributed by atoms with Gasteiger partial charge in [-0.05, 0) is 61.7 Å². The lowest BCUT2D eigenvalue weighted by Gasteiger charge is -2.60. The Labute approximate surface area is 159 Å². The Morgan fingerprint density at radius 3 is 2.59 bits per heavy atom. The molecule has 0 spiro atoms. The van der Waals surface area contributed by atoms with E-state index in [1.54, 1.807) is 6.08 Å². The number of hydrogen-bond acceptors (Lipinski definition) is 4. The summed E-state index contributed by atoms with van der Waals surface area (Å²) in [7, 11) is 0. The lowest BCUT2D eigenvalue weighted by Crippen LogP contribution is -2.62. The SMILES string of the molecule is CC(=O)[C@@]1(O)[C@H](C)C[C@H]2[C@@H]3C[C@H](F)C4=CC(=O)C=C[C@]4(C)[C@H]3[C@@H](O)C[C@@]21C. The minimum Gasteiger partial charge on any atom is -0.393 e. The number of ketones is 2. The summed E-state index contributed by atoms with van der Waals surface area (Å²) in [4.78, 5) is 24.3. The van der Waals surface area contributed by atoms with Crippen LogP contribution in [0.2, 0.25) is 0 Å². The van der Waals surface area contributed by atoms with Crippen LogP contribution in [0.5, 0.6) is 0 Å². The van der Waals surface area contributed by atoms with E-state index in [0.29, 0.717) is 18.4 Å². The minimum absolute atomic E-state index is 0.0440. The summed E-state index contributed by atoms with van der Waals surface area (Å²) in [5, 5.41) is 22.6. The number of alkyl halides is 1. The van der Waals surface area contributed by atoms with Gasteiger partial charge in [-0.15, -0.1) is 0 Å². The number of Topliss-reactive ketones (excluding diaryl/α,β-unsaturated/α-hetero) is 1. The molecule has 4 nitrogen and oxygen atoms in total. The van der Waals surface area contributed by atoms with Gasteiger partial charge in [0.15, 0.2) is 11.6 Å². The van der Waals surface area contributed by atoms with Crippen LogP contribution in [-0.4, -0.2) is 39.7 Å². The standard InChI is InChI=1S/C22H29FO4/c1-11-7-15-14-9-17(23)16-8-13(25)5-6-20(16,3)19(14)18(26)10-21(15,4)22(11,27)12(2)24/h5-6,8,11,14-15,17-19,26-27H,7,9-10H2,1-4H3/t11-,14+,15+,17+,18+,19-,20+,21+,22+/m1/s1. The molecule has 0 heterocycles. The van der Waals surface area contributed by atoms with Crippen LogP contribution in [0.3, 0.4) is 0 Å². The summed E-state index contributed by atoms with van der Waals surface area (Å²) in [5.41, 5.74) is -2.52. The lowest BCUT2D eigenvalue weighted by atomic mass is 9.46. The molecule has 0 aromatic heterocycles. The largest absolute Gasteiger partial charge is 0.393 e. The fourth-order valence-electron chi connectivity index (χ4n) is 7.42. The first-order chi connectivity index (χ1) is 12.5. The van der Waals surface area contributed by atoms with E-state index in [9.17, 15) is 19.8 Å². The van der Waals surface area contributed by atoms with Gasteiger partial charge < -0.3 is 10.2 Å². The van der Waals surface area contributed by atoms with Crippen LogP contribution in [0.25, 0.3) is 0 Å². The number of allylic oxidation sites excluding steroid dienone is 4. The maximum atomic E-state index is 15.2. The van der Waals surface area contributed by atoms with E-state index >= 15 is 4.39 Å². The monoisotopic (exact) mass is 376 g/mol. The second-order valence-corrected chi connectivity index (χ2v) is 9.77. The summed E-state index contributed by atoms with van der Waals surface area (Å²) < 4.78 is 15.2. The summed E-state index contributed by atoms with van der Waals surface area (Å²) >= 11 is 0. The van der Waals surface area contributed by atoms with Gasteiger partial charge in [0.05, 0.1) is 6.10 Å². The predicted octanol–water partition coefficient (Wildman–Crippen LogP) is 2.78. The van der Waals surface area contributed by atoms with Crippen molar-refractivity contribution in [2.45, 2.75) is 64.8 Å². The zero-order chi connectivity index (χ0) is 19.9. The molecule has 0 aromatic carbocycles. The van der Waals surface area contributed by atoms with Gasteiger partial charge in [0.25, 0.3) is 0 Å². The Bertz CT molecular complexity index is 772. The molecule has 0 aliphatic heterocycles. The number of aliphatic hydroxyl groups excluding tert-OH is 1. The number of aliphatic hydroxyl groups is 2. The number of rotatable bonds is 1. The van der Waals surface area contributed by atoms with E-state index in [-0.39, 0.29) is 41.7 Å². The molecule has 0 saturated heterocycles. The lowest BCUT2D eigenvalue weighted by molar-refractivity contribution is -0.182. The van der Waals surface area contributed by atoms with Crippen molar-refractivity contribution in [3.8, 4) is 0 Å². The van der Waals surface area contributed by atoms with Crippen LogP contribution in [-0.2, 0) is 9.59 Å². The molecule has 0 amide bonds. The third-order valence-corrected chi connectivity index (χ3v) is 8.59. The van der Waals surface area contributed by atoms with Crippen LogP contribution in [0.4, 0.5) is 4.39 Å². The zero-order valence-electron chi connectivity index (χ0n) is 16.4. The summed E-state index contributed by atoms with van der Waals surface area (Å²) in [6.07, 6.45) is 3.78. The fourth-order valence-corrected chi connectivity index (χ4v) is 7.42. The molecular formula is C22H29FO4. The van der Waals surface area contributed by atoms with Crippen LogP contribution in [0, 0.1) is 34.5 Å². The highest BCUT2D eigenvalue weighted by Crippen LogP contribution is 2.68. The molecule has 4 aliphatic rings. The summed E-state index contributed by atoms with van der Waals surface area (Å²) in [6.45, 7) is 7.10. The summed E-state index contributed by atoms with van der Waals surface area (Å²) in [6, 6.07) is 0. The average molecular weight is 376 g/mol. The van der Waals surface area contributed by atoms with Gasteiger partial charge in [-0.2, -0.15) is 0 Å². The second-order valence-electron chi connectivity index (χ2n) is 9.77. The van der Waals surface area contributed by atoms with Crippen molar-refractivity contribution in [2.75, 3.05) is 0 Å². The van der Waals surface area contributed by atoms with E-state index in [2.05, 4.69) is 0 Å². The fraction of sp³-hybridized carbons (Fsp3) is 0.727. The van der Waals surface area contributed by atoms with Crippen molar-refractivity contribution in [1.82, 2.24) is 0 Å². The Hall–Kier alpha value is -1.33. The number of carbonyl (C=O) groups is 2. The molecule has 27 heavy (non-hydrogen) atoms. The van der Waals surface area contributed by atoms with Crippen molar-refractivity contribution >= 4 is 11.6 Å². The molecule has 3 fully saturated rings. The van der Waals surface area contributed by atoms with Crippen molar-refractivity contribution in [3.63, 3.8) is 0 Å². The van der Waals surface area contributed by atoms with E-state index in [1.165, 1.54) is 19.1 Å². The topological polar surface area (TPSA) is 74.6 Å². The molecule has 0 radical (unpaired) electrons. The van der Waals surface area contributed by atoms with Crippen LogP contribution >= 0.6 is 0 Å². The molecule has 0 unspecified atom stereocenters. The van der Waals surface area contributed by atoms with E-state index in [0.717, 1.165) is 0 Å². The second kappa shape index (κ2) is 5.60. The van der Waals surface area contributed by atoms with Gasteiger partial charge in [0, 0.05) is 16.7 Å². The molecule has 2 N–H and O–H groups in total. The molecule has 148 valence electrons. The number of halogens is 1. The van der Waals surface area contributed by atoms with Gasteiger partial charge in [-0.1, -0.05) is 26.8 Å². The third kappa shape index (κ3) is 2.16. The number of fused-ring (bicyclic) bond motifs is 5. The predicted molar refractivity (Wildman–Crippen MR) is 98.5 cm³/mol. The Balaban J connectivity index is 1.82. The Kier molecular flexibility index (Phi) is 3.94. The zero-order valence-corrected chi connectivity index (χ0v) is 16.4. The first-order valence-corrected chi connectivity index (χ1v) is 9.97. The maximum Gasteiger partial charge on any atom is 0.178 e. The number of hydrogen-bond donors (Lipinski definition) is 2. The first kappa shape index (κ1) is 19.0.